The predicted molar refractivity (Wildman–Crippen MR) is 130 cm³/mol. The molecule has 1 fully saturated rings. The van der Waals surface area contributed by atoms with E-state index in [4.69, 9.17) is 28.4 Å². The van der Waals surface area contributed by atoms with Crippen molar-refractivity contribution < 1.29 is 42.8 Å². The van der Waals surface area contributed by atoms with Crippen LogP contribution in [-0.4, -0.2) is 67.0 Å². The fourth-order valence-electron chi connectivity index (χ4n) is 3.42. The number of hydrogen-bond acceptors (Lipinski definition) is 10. The third kappa shape index (κ3) is 8.63. The normalized spacial score (nSPS) is 23.5. The van der Waals surface area contributed by atoms with Gasteiger partial charge in [-0.2, -0.15) is 0 Å². The van der Waals surface area contributed by atoms with Gasteiger partial charge in [0, 0.05) is 19.4 Å². The van der Waals surface area contributed by atoms with E-state index in [0.717, 1.165) is 0 Å². The molecule has 2 rings (SSSR count). The van der Waals surface area contributed by atoms with Crippen LogP contribution in [0.5, 0.6) is 5.75 Å². The molecule has 1 aliphatic heterocycles. The summed E-state index contributed by atoms with van der Waals surface area (Å²) in [5, 5.41) is 0. The van der Waals surface area contributed by atoms with Crippen molar-refractivity contribution in [3.8, 4) is 5.75 Å². The smallest absolute Gasteiger partial charge is 0.303 e. The van der Waals surface area contributed by atoms with E-state index >= 15 is 0 Å². The van der Waals surface area contributed by atoms with E-state index in [1.54, 1.807) is 45.2 Å². The molecule has 5 atom stereocenters. The van der Waals surface area contributed by atoms with E-state index in [1.807, 2.05) is 0 Å². The van der Waals surface area contributed by atoms with Crippen molar-refractivity contribution in [1.82, 2.24) is 0 Å². The van der Waals surface area contributed by atoms with Gasteiger partial charge in [-0.3, -0.25) is 14.4 Å². The second-order valence-corrected chi connectivity index (χ2v) is 9.04. The Balaban J connectivity index is 2.32. The van der Waals surface area contributed by atoms with Crippen LogP contribution in [0.2, 0.25) is 0 Å². The highest BCUT2D eigenvalue weighted by Gasteiger charge is 2.51. The third-order valence-electron chi connectivity index (χ3n) is 4.81. The van der Waals surface area contributed by atoms with Gasteiger partial charge in [0.1, 0.15) is 23.9 Å². The Kier molecular flexibility index (Phi) is 10.7. The fraction of sp³-hybridized carbons (Fsp3) is 0.480. The van der Waals surface area contributed by atoms with Gasteiger partial charge in [0.05, 0.1) is 24.4 Å². The number of rotatable bonds is 12. The van der Waals surface area contributed by atoms with Gasteiger partial charge in [0.15, 0.2) is 24.1 Å². The largest absolute Gasteiger partial charge is 0.497 e. The maximum absolute atomic E-state index is 12.8. The van der Waals surface area contributed by atoms with E-state index in [1.165, 1.54) is 25.6 Å². The van der Waals surface area contributed by atoms with Crippen LogP contribution in [0.3, 0.4) is 0 Å². The second-order valence-electron chi connectivity index (χ2n) is 7.95. The lowest BCUT2D eigenvalue weighted by Gasteiger charge is -2.45. The van der Waals surface area contributed by atoms with Crippen molar-refractivity contribution in [3.05, 3.63) is 54.5 Å². The summed E-state index contributed by atoms with van der Waals surface area (Å²) in [5.74, 6) is 0.208. The first-order valence-corrected chi connectivity index (χ1v) is 12.0. The Morgan fingerprint density at radius 2 is 1.49 bits per heavy atom. The lowest BCUT2D eigenvalue weighted by molar-refractivity contribution is -0.228. The number of ketones is 1. The highest BCUT2D eigenvalue weighted by molar-refractivity contribution is 8.00. The molecule has 0 spiro atoms. The predicted octanol–water partition coefficient (Wildman–Crippen LogP) is 3.67. The Bertz CT molecular complexity index is 927. The Labute approximate surface area is 209 Å². The molecule has 0 bridgehead atoms. The van der Waals surface area contributed by atoms with Crippen molar-refractivity contribution in [2.45, 2.75) is 57.5 Å². The lowest BCUT2D eigenvalue weighted by Crippen LogP contribution is -2.60. The van der Waals surface area contributed by atoms with E-state index in [2.05, 4.69) is 13.2 Å². The number of allylic oxidation sites excluding steroid dienone is 2. The van der Waals surface area contributed by atoms with E-state index in [0.29, 0.717) is 22.8 Å². The van der Waals surface area contributed by atoms with Gasteiger partial charge in [-0.15, -0.1) is 11.8 Å². The molecule has 10 heteroatoms. The minimum absolute atomic E-state index is 0.0609. The topological polar surface area (TPSA) is 107 Å². The van der Waals surface area contributed by atoms with Crippen molar-refractivity contribution in [3.63, 3.8) is 0 Å². The highest BCUT2D eigenvalue weighted by atomic mass is 32.2. The summed E-state index contributed by atoms with van der Waals surface area (Å²) in [6.45, 7) is 13.2. The molecule has 1 heterocycles. The number of esters is 2. The molecule has 0 amide bonds. The summed E-state index contributed by atoms with van der Waals surface area (Å²) in [4.78, 5) is 36.2. The zero-order valence-electron chi connectivity index (χ0n) is 20.6. The van der Waals surface area contributed by atoms with E-state index in [9.17, 15) is 14.4 Å². The summed E-state index contributed by atoms with van der Waals surface area (Å²) in [7, 11) is 1.55. The zero-order chi connectivity index (χ0) is 26.1. The number of methoxy groups -OCH3 is 1. The van der Waals surface area contributed by atoms with Gasteiger partial charge in [-0.05, 0) is 38.1 Å². The maximum Gasteiger partial charge on any atom is 0.303 e. The molecule has 0 aromatic heterocycles. The summed E-state index contributed by atoms with van der Waals surface area (Å²) in [5.41, 5.74) is -0.235. The molecule has 0 aliphatic carbocycles. The zero-order valence-corrected chi connectivity index (χ0v) is 21.4. The minimum Gasteiger partial charge on any atom is -0.497 e. The molecule has 35 heavy (non-hydrogen) atoms. The van der Waals surface area contributed by atoms with Gasteiger partial charge in [-0.1, -0.05) is 13.2 Å². The standard InChI is InChI=1S/C25H32O9S/c1-14(2)31-23-22(33-17(6)27)21(12-30-16(5)26)34-25(24(23)32-15(3)4)35-13-20(28)18-8-10-19(29-7)11-9-18/h8-11,21-25H,1,3,12-13H2,2,4-7H3/t21-,22-,23+,24-,25+/m1/s1. The maximum atomic E-state index is 12.8. The van der Waals surface area contributed by atoms with Gasteiger partial charge < -0.3 is 28.4 Å². The molecule has 0 unspecified atom stereocenters. The average molecular weight is 509 g/mol. The van der Waals surface area contributed by atoms with Crippen LogP contribution >= 0.6 is 11.8 Å². The second kappa shape index (κ2) is 13.2. The number of carbonyl (C=O) groups excluding carboxylic acids is 3. The molecule has 1 aromatic rings. The number of hydrogen-bond donors (Lipinski definition) is 0. The SMILES string of the molecule is C=C(C)O[C@@H]1[C@@H](OC(=C)C)[C@H](SCC(=O)c2ccc(OC)cc2)O[C@H](COC(C)=O)[C@H]1OC(C)=O. The molecule has 0 N–H and O–H groups in total. The molecule has 192 valence electrons. The van der Waals surface area contributed by atoms with Crippen LogP contribution in [0.1, 0.15) is 38.1 Å². The molecule has 1 saturated heterocycles. The van der Waals surface area contributed by atoms with Gasteiger partial charge in [0.25, 0.3) is 0 Å². The number of benzene rings is 1. The highest BCUT2D eigenvalue weighted by Crippen LogP contribution is 2.36. The molecule has 0 saturated carbocycles. The van der Waals surface area contributed by atoms with Gasteiger partial charge in [-0.25, -0.2) is 0 Å². The summed E-state index contributed by atoms with van der Waals surface area (Å²) in [6, 6.07) is 6.77. The molecular formula is C25H32O9S. The first-order valence-electron chi connectivity index (χ1n) is 10.9. The molecule has 0 radical (unpaired) electrons. The van der Waals surface area contributed by atoms with Gasteiger partial charge in [0.2, 0.25) is 0 Å². The van der Waals surface area contributed by atoms with E-state index in [-0.39, 0.29) is 18.1 Å². The third-order valence-corrected chi connectivity index (χ3v) is 5.95. The van der Waals surface area contributed by atoms with Crippen LogP contribution < -0.4 is 4.74 Å². The molecule has 1 aliphatic rings. The monoisotopic (exact) mass is 508 g/mol. The summed E-state index contributed by atoms with van der Waals surface area (Å²) < 4.78 is 33.8. The van der Waals surface area contributed by atoms with E-state index < -0.39 is 41.8 Å². The quantitative estimate of drug-likeness (QED) is 0.236. The van der Waals surface area contributed by atoms with Crippen molar-refractivity contribution in [2.24, 2.45) is 0 Å². The summed E-state index contributed by atoms with van der Waals surface area (Å²) in [6.07, 6.45) is -3.51. The van der Waals surface area contributed by atoms with Crippen LogP contribution in [0.15, 0.2) is 48.9 Å². The average Bonchev–Trinajstić information content (AvgIpc) is 2.78. The Hall–Kier alpha value is -2.98. The number of Topliss-reactive ketones (excluding diaryl/α,β-unsaturated/α-hetero) is 1. The first kappa shape index (κ1) is 28.3. The van der Waals surface area contributed by atoms with Crippen LogP contribution in [0, 0.1) is 0 Å². The number of carbonyl (C=O) groups is 3. The minimum atomic E-state index is -0.970. The first-order chi connectivity index (χ1) is 16.5. The van der Waals surface area contributed by atoms with Crippen LogP contribution in [-0.2, 0) is 33.3 Å². The number of thioether (sulfide) groups is 1. The summed E-state index contributed by atoms with van der Waals surface area (Å²) >= 11 is 1.19. The molecular weight excluding hydrogens is 476 g/mol. The Morgan fingerprint density at radius 3 is 2.00 bits per heavy atom. The number of ether oxygens (including phenoxy) is 6. The Morgan fingerprint density at radius 1 is 0.886 bits per heavy atom. The van der Waals surface area contributed by atoms with Crippen LogP contribution in [0.4, 0.5) is 0 Å². The van der Waals surface area contributed by atoms with Crippen molar-refractivity contribution in [1.29, 1.82) is 0 Å². The van der Waals surface area contributed by atoms with Crippen LogP contribution in [0.25, 0.3) is 0 Å². The molecule has 1 aromatic carbocycles. The lowest BCUT2D eigenvalue weighted by atomic mass is 9.99. The van der Waals surface area contributed by atoms with Crippen molar-refractivity contribution >= 4 is 29.5 Å². The van der Waals surface area contributed by atoms with Crippen molar-refractivity contribution in [2.75, 3.05) is 19.5 Å². The molecule has 9 nitrogen and oxygen atoms in total. The van der Waals surface area contributed by atoms with Gasteiger partial charge >= 0.3 is 11.9 Å². The fourth-order valence-corrected chi connectivity index (χ4v) is 4.53.